The lowest BCUT2D eigenvalue weighted by Gasteiger charge is -2.11. The summed E-state index contributed by atoms with van der Waals surface area (Å²) in [5.41, 5.74) is -1.60. The van der Waals surface area contributed by atoms with Crippen LogP contribution in [0.1, 0.15) is 16.1 Å². The van der Waals surface area contributed by atoms with Crippen LogP contribution in [0.5, 0.6) is 5.75 Å². The van der Waals surface area contributed by atoms with Crippen LogP contribution in [0.2, 0.25) is 0 Å². The third-order valence-corrected chi connectivity index (χ3v) is 1.61. The minimum absolute atomic E-state index is 0.433. The third kappa shape index (κ3) is 2.36. The highest BCUT2D eigenvalue weighted by Crippen LogP contribution is 2.35. The van der Waals surface area contributed by atoms with Crippen molar-refractivity contribution in [2.75, 3.05) is 7.11 Å². The molecule has 1 heterocycles. The van der Waals surface area contributed by atoms with Gasteiger partial charge in [-0.15, -0.1) is 0 Å². The number of pyridine rings is 1. The Morgan fingerprint density at radius 2 is 2.13 bits per heavy atom. The molecule has 0 spiro atoms. The summed E-state index contributed by atoms with van der Waals surface area (Å²) in [6, 6.07) is 0.727. The summed E-state index contributed by atoms with van der Waals surface area (Å²) in [4.78, 5) is 13.6. The van der Waals surface area contributed by atoms with Gasteiger partial charge in [0.1, 0.15) is 11.3 Å². The second-order valence-electron chi connectivity index (χ2n) is 2.57. The molecule has 82 valence electrons. The molecule has 0 saturated carbocycles. The monoisotopic (exact) mass is 221 g/mol. The first-order valence-electron chi connectivity index (χ1n) is 3.70. The van der Waals surface area contributed by atoms with E-state index < -0.39 is 29.2 Å². The number of nitrogens with zero attached hydrogens (tertiary/aromatic N) is 1. The maximum absolute atomic E-state index is 12.3. The molecule has 1 rings (SSSR count). The Hall–Kier alpha value is -1.79. The van der Waals surface area contributed by atoms with Gasteiger partial charge < -0.3 is 9.84 Å². The van der Waals surface area contributed by atoms with Gasteiger partial charge in [-0.05, 0) is 0 Å². The Morgan fingerprint density at radius 1 is 1.53 bits per heavy atom. The lowest BCUT2D eigenvalue weighted by Crippen LogP contribution is -2.10. The number of carboxylic acids is 1. The SMILES string of the molecule is COc1cc(C(=O)O)ncc1C(F)(F)F. The van der Waals surface area contributed by atoms with Crippen LogP contribution in [0, 0.1) is 0 Å². The van der Waals surface area contributed by atoms with Crippen molar-refractivity contribution in [1.82, 2.24) is 4.98 Å². The topological polar surface area (TPSA) is 59.4 Å². The van der Waals surface area contributed by atoms with Gasteiger partial charge >= 0.3 is 12.1 Å². The van der Waals surface area contributed by atoms with Crippen molar-refractivity contribution in [3.8, 4) is 5.75 Å². The molecular formula is C8H6F3NO3. The van der Waals surface area contributed by atoms with Gasteiger partial charge in [-0.25, -0.2) is 9.78 Å². The number of hydrogen-bond acceptors (Lipinski definition) is 3. The van der Waals surface area contributed by atoms with Gasteiger partial charge in [-0.1, -0.05) is 0 Å². The fraction of sp³-hybridized carbons (Fsp3) is 0.250. The first kappa shape index (κ1) is 11.3. The lowest BCUT2D eigenvalue weighted by molar-refractivity contribution is -0.139. The van der Waals surface area contributed by atoms with Crippen LogP contribution in [0.15, 0.2) is 12.3 Å². The molecule has 0 aliphatic carbocycles. The minimum Gasteiger partial charge on any atom is -0.496 e. The highest BCUT2D eigenvalue weighted by molar-refractivity contribution is 5.85. The molecule has 0 saturated heterocycles. The number of hydrogen-bond donors (Lipinski definition) is 1. The summed E-state index contributed by atoms with van der Waals surface area (Å²) in [6.45, 7) is 0. The third-order valence-electron chi connectivity index (χ3n) is 1.61. The summed E-state index contributed by atoms with van der Waals surface area (Å²) >= 11 is 0. The van der Waals surface area contributed by atoms with Crippen molar-refractivity contribution in [3.63, 3.8) is 0 Å². The second kappa shape index (κ2) is 3.76. The molecule has 1 N–H and O–H groups in total. The Bertz CT molecular complexity index is 389. The van der Waals surface area contributed by atoms with Gasteiger partial charge in [0.05, 0.1) is 7.11 Å². The number of aromatic carboxylic acids is 1. The summed E-state index contributed by atoms with van der Waals surface area (Å²) in [5, 5.41) is 8.50. The molecular weight excluding hydrogens is 215 g/mol. The van der Waals surface area contributed by atoms with E-state index in [-0.39, 0.29) is 0 Å². The van der Waals surface area contributed by atoms with Gasteiger partial charge in [0, 0.05) is 12.3 Å². The van der Waals surface area contributed by atoms with Gasteiger partial charge in [0.15, 0.2) is 5.69 Å². The smallest absolute Gasteiger partial charge is 0.421 e. The van der Waals surface area contributed by atoms with Crippen molar-refractivity contribution in [2.24, 2.45) is 0 Å². The Morgan fingerprint density at radius 3 is 2.53 bits per heavy atom. The summed E-state index contributed by atoms with van der Waals surface area (Å²) in [6.07, 6.45) is -4.18. The van der Waals surface area contributed by atoms with Crippen molar-refractivity contribution >= 4 is 5.97 Å². The summed E-state index contributed by atoms with van der Waals surface area (Å²) < 4.78 is 41.3. The van der Waals surface area contributed by atoms with E-state index in [1.54, 1.807) is 0 Å². The predicted octanol–water partition coefficient (Wildman–Crippen LogP) is 1.81. The van der Waals surface area contributed by atoms with E-state index in [4.69, 9.17) is 5.11 Å². The van der Waals surface area contributed by atoms with E-state index in [0.717, 1.165) is 13.2 Å². The van der Waals surface area contributed by atoms with Crippen LogP contribution >= 0.6 is 0 Å². The fourth-order valence-electron chi connectivity index (χ4n) is 0.936. The maximum atomic E-state index is 12.3. The molecule has 4 nitrogen and oxygen atoms in total. The molecule has 0 bridgehead atoms. The van der Waals surface area contributed by atoms with Crippen LogP contribution < -0.4 is 4.74 Å². The Kier molecular flexibility index (Phi) is 2.83. The maximum Gasteiger partial charge on any atom is 0.421 e. The quantitative estimate of drug-likeness (QED) is 0.827. The van der Waals surface area contributed by atoms with E-state index >= 15 is 0 Å². The number of ether oxygens (including phenoxy) is 1. The van der Waals surface area contributed by atoms with Crippen molar-refractivity contribution in [3.05, 3.63) is 23.5 Å². The fourth-order valence-corrected chi connectivity index (χ4v) is 0.936. The van der Waals surface area contributed by atoms with Gasteiger partial charge in [0.2, 0.25) is 0 Å². The molecule has 0 atom stereocenters. The zero-order valence-corrected chi connectivity index (χ0v) is 7.50. The molecule has 1 aromatic heterocycles. The predicted molar refractivity (Wildman–Crippen MR) is 42.8 cm³/mol. The van der Waals surface area contributed by atoms with Crippen LogP contribution in [0.4, 0.5) is 13.2 Å². The number of aromatic nitrogens is 1. The summed E-state index contributed by atoms with van der Waals surface area (Å²) in [7, 11) is 1.02. The van der Waals surface area contributed by atoms with Crippen molar-refractivity contribution in [2.45, 2.75) is 6.18 Å². The largest absolute Gasteiger partial charge is 0.496 e. The van der Waals surface area contributed by atoms with Gasteiger partial charge in [-0.3, -0.25) is 0 Å². The highest BCUT2D eigenvalue weighted by Gasteiger charge is 2.35. The van der Waals surface area contributed by atoms with Crippen LogP contribution in [0.3, 0.4) is 0 Å². The number of methoxy groups -OCH3 is 1. The number of rotatable bonds is 2. The van der Waals surface area contributed by atoms with Crippen molar-refractivity contribution < 1.29 is 27.8 Å². The average molecular weight is 221 g/mol. The van der Waals surface area contributed by atoms with Gasteiger partial charge in [-0.2, -0.15) is 13.2 Å². The molecule has 0 aliphatic rings. The molecule has 0 aliphatic heterocycles. The lowest BCUT2D eigenvalue weighted by atomic mass is 10.2. The molecule has 1 aromatic rings. The number of alkyl halides is 3. The van der Waals surface area contributed by atoms with Crippen LogP contribution in [0.25, 0.3) is 0 Å². The molecule has 15 heavy (non-hydrogen) atoms. The van der Waals surface area contributed by atoms with E-state index in [0.29, 0.717) is 6.20 Å². The first-order chi connectivity index (χ1) is 6.86. The summed E-state index contributed by atoms with van der Waals surface area (Å²) in [5.74, 6) is -1.98. The van der Waals surface area contributed by atoms with Crippen LogP contribution in [-0.4, -0.2) is 23.2 Å². The average Bonchev–Trinajstić information content (AvgIpc) is 2.15. The molecule has 0 amide bonds. The molecule has 0 unspecified atom stereocenters. The zero-order chi connectivity index (χ0) is 11.6. The molecule has 7 heteroatoms. The van der Waals surface area contributed by atoms with Gasteiger partial charge in [0.25, 0.3) is 0 Å². The van der Waals surface area contributed by atoms with E-state index in [9.17, 15) is 18.0 Å². The Labute approximate surface area is 82.3 Å². The zero-order valence-electron chi connectivity index (χ0n) is 7.50. The minimum atomic E-state index is -4.62. The Balaban J connectivity index is 3.27. The normalized spacial score (nSPS) is 11.2. The van der Waals surface area contributed by atoms with Crippen molar-refractivity contribution in [1.29, 1.82) is 0 Å². The highest BCUT2D eigenvalue weighted by atomic mass is 19.4. The van der Waals surface area contributed by atoms with Crippen LogP contribution in [-0.2, 0) is 6.18 Å². The first-order valence-corrected chi connectivity index (χ1v) is 3.70. The molecule has 0 fully saturated rings. The molecule has 0 aromatic carbocycles. The number of carbonyl (C=O) groups is 1. The standard InChI is InChI=1S/C8H6F3NO3/c1-15-6-2-5(7(13)14)12-3-4(6)8(9,10)11/h2-3H,1H3,(H,13,14). The number of carboxylic acid groups (broad SMARTS) is 1. The second-order valence-corrected chi connectivity index (χ2v) is 2.57. The van der Waals surface area contributed by atoms with E-state index in [2.05, 4.69) is 9.72 Å². The van der Waals surface area contributed by atoms with E-state index in [1.165, 1.54) is 0 Å². The van der Waals surface area contributed by atoms with E-state index in [1.807, 2.05) is 0 Å². The molecule has 0 radical (unpaired) electrons. The number of halogens is 3.